The second-order valence-corrected chi connectivity index (χ2v) is 3.06. The van der Waals surface area contributed by atoms with Crippen molar-refractivity contribution < 1.29 is 12.6 Å². The topological polar surface area (TPSA) is 43.4 Å². The molecule has 0 fully saturated rings. The van der Waals surface area contributed by atoms with Crippen LogP contribution in [0.5, 0.6) is 0 Å². The number of thiol groups is 1. The zero-order valence-electron chi connectivity index (χ0n) is 5.17. The van der Waals surface area contributed by atoms with Crippen LogP contribution >= 0.6 is 0 Å². The molecule has 0 rings (SSSR count). The second kappa shape index (κ2) is 2.46. The molecule has 4 heteroatoms. The molecule has 0 saturated heterocycles. The van der Waals surface area contributed by atoms with Gasteiger partial charge in [0.2, 0.25) is 0 Å². The van der Waals surface area contributed by atoms with Crippen LogP contribution in [0.3, 0.4) is 0 Å². The van der Waals surface area contributed by atoms with Crippen molar-refractivity contribution in [1.29, 1.82) is 0 Å². The van der Waals surface area contributed by atoms with Crippen LogP contribution < -0.4 is 0 Å². The average Bonchev–Trinajstić information content (AvgIpc) is 1.21. The van der Waals surface area contributed by atoms with Crippen LogP contribution in [-0.2, 0) is 15.2 Å². The van der Waals surface area contributed by atoms with E-state index in [1.54, 1.807) is 20.8 Å². The molecule has 0 aliphatic carbocycles. The number of hydrogen-bond donors (Lipinski definition) is 1. The maximum atomic E-state index is 9.83. The van der Waals surface area contributed by atoms with Crippen LogP contribution in [0.25, 0.3) is 0 Å². The lowest BCUT2D eigenvalue weighted by molar-refractivity contribution is 0.147. The highest BCUT2D eigenvalue weighted by Gasteiger charge is 2.10. The van der Waals surface area contributed by atoms with Crippen molar-refractivity contribution in [1.82, 2.24) is 0 Å². The Morgan fingerprint density at radius 2 is 1.62 bits per heavy atom. The summed E-state index contributed by atoms with van der Waals surface area (Å²) in [6.07, 6.45) is 0. The minimum Gasteiger partial charge on any atom is -0.266 e. The molecule has 0 unspecified atom stereocenters. The molecule has 0 radical (unpaired) electrons. The average molecular weight is 138 g/mol. The summed E-state index contributed by atoms with van der Waals surface area (Å²) in [5.41, 5.74) is -0.574. The predicted octanol–water partition coefficient (Wildman–Crippen LogP) is 0.328. The van der Waals surface area contributed by atoms with Crippen LogP contribution in [0.15, 0.2) is 0 Å². The summed E-state index contributed by atoms with van der Waals surface area (Å²) in [7, 11) is -2.69. The summed E-state index contributed by atoms with van der Waals surface area (Å²) in [4.78, 5) is 0. The third-order valence-electron chi connectivity index (χ3n) is 0.348. The van der Waals surface area contributed by atoms with Crippen molar-refractivity contribution in [2.24, 2.45) is 0 Å². The first-order valence-electron chi connectivity index (χ1n) is 2.25. The fourth-order valence-electron chi connectivity index (χ4n) is 0.224. The number of hydrogen-bond acceptors (Lipinski definition) is 3. The summed E-state index contributed by atoms with van der Waals surface area (Å²) >= 11 is 0. The number of rotatable bonds is 1. The van der Waals surface area contributed by atoms with E-state index in [-0.39, 0.29) is 0 Å². The van der Waals surface area contributed by atoms with E-state index in [0.29, 0.717) is 0 Å². The molecule has 0 atom stereocenters. The Hall–Kier alpha value is -0.0900. The van der Waals surface area contributed by atoms with Gasteiger partial charge in [0, 0.05) is 0 Å². The summed E-state index contributed by atoms with van der Waals surface area (Å²) in [6.45, 7) is 5.04. The summed E-state index contributed by atoms with van der Waals surface area (Å²) in [5.74, 6) is 0. The van der Waals surface area contributed by atoms with E-state index < -0.39 is 16.6 Å². The van der Waals surface area contributed by atoms with Crippen LogP contribution in [0.4, 0.5) is 0 Å². The molecule has 50 valence electrons. The lowest BCUT2D eigenvalue weighted by atomic mass is 10.2. The molecule has 0 aliphatic heterocycles. The Labute approximate surface area is 50.8 Å². The van der Waals surface area contributed by atoms with Crippen molar-refractivity contribution in [3.8, 4) is 0 Å². The van der Waals surface area contributed by atoms with Crippen LogP contribution in [0.2, 0.25) is 0 Å². The molecule has 0 heterocycles. The fraction of sp³-hybridized carbons (Fsp3) is 1.00. The first-order valence-corrected chi connectivity index (χ1v) is 3.35. The molecule has 0 bridgehead atoms. The van der Waals surface area contributed by atoms with Gasteiger partial charge in [-0.3, -0.25) is 4.18 Å². The molecule has 0 spiro atoms. The quantitative estimate of drug-likeness (QED) is 0.531. The van der Waals surface area contributed by atoms with Gasteiger partial charge in [-0.15, -0.1) is 0 Å². The normalized spacial score (nSPS) is 12.5. The van der Waals surface area contributed by atoms with Gasteiger partial charge < -0.3 is 0 Å². The van der Waals surface area contributed by atoms with Gasteiger partial charge in [-0.1, -0.05) is 0 Å². The first kappa shape index (κ1) is 7.91. The third-order valence-corrected chi connectivity index (χ3v) is 1.05. The van der Waals surface area contributed by atoms with Crippen molar-refractivity contribution in [2.75, 3.05) is 0 Å². The molecular weight excluding hydrogens is 128 g/mol. The summed E-state index contributed by atoms with van der Waals surface area (Å²) < 4.78 is 24.1. The van der Waals surface area contributed by atoms with E-state index in [2.05, 4.69) is 4.18 Å². The van der Waals surface area contributed by atoms with Gasteiger partial charge in [0.1, 0.15) is 0 Å². The molecular formula is C4H10O3S. The van der Waals surface area contributed by atoms with Gasteiger partial charge in [-0.2, -0.15) is 0 Å². The summed E-state index contributed by atoms with van der Waals surface area (Å²) in [5, 5.41) is 0. The van der Waals surface area contributed by atoms with Gasteiger partial charge in [0.05, 0.1) is 5.60 Å². The molecule has 0 aromatic rings. The maximum absolute atomic E-state index is 9.83. The van der Waals surface area contributed by atoms with Crippen molar-refractivity contribution in [2.45, 2.75) is 26.4 Å². The van der Waals surface area contributed by atoms with Crippen LogP contribution in [0, 0.1) is 0 Å². The largest absolute Gasteiger partial charge is 0.266 e. The second-order valence-electron chi connectivity index (χ2n) is 2.43. The van der Waals surface area contributed by atoms with Gasteiger partial charge in [-0.05, 0) is 20.8 Å². The minimum atomic E-state index is -2.69. The molecule has 0 aromatic carbocycles. The van der Waals surface area contributed by atoms with Gasteiger partial charge in [-0.25, -0.2) is 8.42 Å². The van der Waals surface area contributed by atoms with Crippen molar-refractivity contribution >= 4 is 11.0 Å². The highest BCUT2D eigenvalue weighted by Crippen LogP contribution is 2.05. The van der Waals surface area contributed by atoms with E-state index in [4.69, 9.17) is 0 Å². The summed E-state index contributed by atoms with van der Waals surface area (Å²) in [6, 6.07) is 0. The smallest absolute Gasteiger partial charge is 0.257 e. The molecule has 0 N–H and O–H groups in total. The monoisotopic (exact) mass is 138 g/mol. The Morgan fingerprint density at radius 3 is 1.62 bits per heavy atom. The van der Waals surface area contributed by atoms with Crippen molar-refractivity contribution in [3.05, 3.63) is 0 Å². The minimum absolute atomic E-state index is 0.574. The lowest BCUT2D eigenvalue weighted by Crippen LogP contribution is -2.17. The van der Waals surface area contributed by atoms with Gasteiger partial charge in [0.15, 0.2) is 0 Å². The molecule has 0 aromatic heterocycles. The molecule has 0 amide bonds. The Morgan fingerprint density at radius 1 is 1.25 bits per heavy atom. The van der Waals surface area contributed by atoms with E-state index in [0.717, 1.165) is 0 Å². The molecule has 0 saturated carbocycles. The van der Waals surface area contributed by atoms with Crippen molar-refractivity contribution in [3.63, 3.8) is 0 Å². The maximum Gasteiger partial charge on any atom is 0.257 e. The lowest BCUT2D eigenvalue weighted by Gasteiger charge is -2.12. The SMILES string of the molecule is CC(C)(C)O[SH](=O)=O. The molecule has 8 heavy (non-hydrogen) atoms. The predicted molar refractivity (Wildman–Crippen MR) is 31.2 cm³/mol. The Balaban J connectivity index is 3.73. The van der Waals surface area contributed by atoms with Crippen LogP contribution in [0.1, 0.15) is 20.8 Å². The van der Waals surface area contributed by atoms with E-state index in [9.17, 15) is 8.42 Å². The molecule has 0 aliphatic rings. The van der Waals surface area contributed by atoms with Crippen LogP contribution in [-0.4, -0.2) is 14.0 Å². The van der Waals surface area contributed by atoms with E-state index >= 15 is 0 Å². The molecule has 3 nitrogen and oxygen atoms in total. The van der Waals surface area contributed by atoms with E-state index in [1.807, 2.05) is 0 Å². The van der Waals surface area contributed by atoms with Gasteiger partial charge in [0.25, 0.3) is 11.0 Å². The zero-order valence-corrected chi connectivity index (χ0v) is 6.07. The Kier molecular flexibility index (Phi) is 2.43. The Bertz CT molecular complexity index is 123. The zero-order chi connectivity index (χ0) is 6.78. The first-order chi connectivity index (χ1) is 3.42. The highest BCUT2D eigenvalue weighted by molar-refractivity contribution is 7.67. The third kappa shape index (κ3) is 5.91. The highest BCUT2D eigenvalue weighted by atomic mass is 32.2. The van der Waals surface area contributed by atoms with E-state index in [1.165, 1.54) is 0 Å². The van der Waals surface area contributed by atoms with Gasteiger partial charge >= 0.3 is 0 Å². The fourth-order valence-corrected chi connectivity index (χ4v) is 0.671. The standard InChI is InChI=1S/C4H10O3S/c1-4(2,3)7-8(5)6/h8H,1-3H3.